The number of hydrogen-bond acceptors (Lipinski definition) is 4. The number of nitrogens with zero attached hydrogens (tertiary/aromatic N) is 1. The van der Waals surface area contributed by atoms with Crippen molar-refractivity contribution >= 4 is 17.4 Å². The molecular weight excluding hydrogens is 437 g/mol. The van der Waals surface area contributed by atoms with Crippen LogP contribution in [0.25, 0.3) is 0 Å². The summed E-state index contributed by atoms with van der Waals surface area (Å²) < 4.78 is 46.8. The number of amides is 1. The maximum atomic E-state index is 13.4. The van der Waals surface area contributed by atoms with Crippen molar-refractivity contribution in [3.63, 3.8) is 0 Å². The Balaban J connectivity index is 1.36. The molecule has 1 aliphatic heterocycles. The second-order valence-electron chi connectivity index (χ2n) is 7.65. The molecule has 0 spiro atoms. The van der Waals surface area contributed by atoms with Gasteiger partial charge < -0.3 is 14.6 Å². The first-order chi connectivity index (χ1) is 15.8. The third-order valence-corrected chi connectivity index (χ3v) is 5.24. The van der Waals surface area contributed by atoms with Crippen LogP contribution < -0.4 is 15.6 Å². The zero-order valence-electron chi connectivity index (χ0n) is 17.4. The number of ketones is 1. The molecule has 0 bridgehead atoms. The number of carbonyl (C=O) groups excluding carboxylic acids is 2. The molecule has 0 radical (unpaired) electrons. The number of Topliss-reactive ketones (excluding diaryl/α,β-unsaturated/α-hetero) is 1. The molecule has 1 N–H and O–H groups in total. The SMILES string of the molecule is O=C1Cc2ccc(OCCCC(=O)c3cccn(Cc4cc(F)c(F)c(F)c4)c3=O)cc2N1. The van der Waals surface area contributed by atoms with Crippen molar-refractivity contribution in [3.05, 3.63) is 93.2 Å². The van der Waals surface area contributed by atoms with Crippen LogP contribution in [0, 0.1) is 17.5 Å². The smallest absolute Gasteiger partial charge is 0.261 e. The molecular formula is C24H19F3N2O4. The number of anilines is 1. The summed E-state index contributed by atoms with van der Waals surface area (Å²) in [4.78, 5) is 36.6. The first-order valence-corrected chi connectivity index (χ1v) is 10.2. The Kier molecular flexibility index (Phi) is 6.30. The van der Waals surface area contributed by atoms with Crippen molar-refractivity contribution in [1.29, 1.82) is 0 Å². The molecule has 1 aliphatic rings. The van der Waals surface area contributed by atoms with E-state index in [0.717, 1.165) is 22.3 Å². The van der Waals surface area contributed by atoms with Crippen LogP contribution in [0.15, 0.2) is 53.5 Å². The Morgan fingerprint density at radius 3 is 2.58 bits per heavy atom. The van der Waals surface area contributed by atoms with Crippen LogP contribution in [0.1, 0.15) is 34.3 Å². The molecule has 2 heterocycles. The van der Waals surface area contributed by atoms with E-state index in [9.17, 15) is 27.6 Å². The zero-order valence-corrected chi connectivity index (χ0v) is 17.4. The molecule has 170 valence electrons. The number of aromatic nitrogens is 1. The molecule has 9 heteroatoms. The van der Waals surface area contributed by atoms with Gasteiger partial charge >= 0.3 is 0 Å². The fraction of sp³-hybridized carbons (Fsp3) is 0.208. The van der Waals surface area contributed by atoms with Crippen LogP contribution in [-0.4, -0.2) is 22.9 Å². The van der Waals surface area contributed by atoms with Gasteiger partial charge in [-0.05, 0) is 47.9 Å². The lowest BCUT2D eigenvalue weighted by Crippen LogP contribution is -2.26. The van der Waals surface area contributed by atoms with E-state index in [0.29, 0.717) is 24.3 Å². The van der Waals surface area contributed by atoms with E-state index >= 15 is 0 Å². The molecule has 33 heavy (non-hydrogen) atoms. The minimum Gasteiger partial charge on any atom is -0.494 e. The lowest BCUT2D eigenvalue weighted by Gasteiger charge is -2.10. The zero-order chi connectivity index (χ0) is 23.5. The van der Waals surface area contributed by atoms with Crippen LogP contribution in [0.2, 0.25) is 0 Å². The number of halogens is 3. The second kappa shape index (κ2) is 9.32. The largest absolute Gasteiger partial charge is 0.494 e. The number of hydrogen-bond donors (Lipinski definition) is 1. The normalized spacial score (nSPS) is 12.4. The summed E-state index contributed by atoms with van der Waals surface area (Å²) in [5.41, 5.74) is 0.995. The number of ether oxygens (including phenoxy) is 1. The predicted octanol–water partition coefficient (Wildman–Crippen LogP) is 3.85. The molecule has 1 aromatic heterocycles. The van der Waals surface area contributed by atoms with Crippen LogP contribution in [-0.2, 0) is 17.8 Å². The summed E-state index contributed by atoms with van der Waals surface area (Å²) in [6.07, 6.45) is 2.13. The topological polar surface area (TPSA) is 77.4 Å². The molecule has 0 atom stereocenters. The molecule has 0 unspecified atom stereocenters. The first kappa shape index (κ1) is 22.3. The summed E-state index contributed by atoms with van der Waals surface area (Å²) in [6.45, 7) is 0.0136. The number of pyridine rings is 1. The Morgan fingerprint density at radius 1 is 1.06 bits per heavy atom. The van der Waals surface area contributed by atoms with Crippen LogP contribution in [0.3, 0.4) is 0 Å². The van der Waals surface area contributed by atoms with Gasteiger partial charge in [0.2, 0.25) is 5.91 Å². The summed E-state index contributed by atoms with van der Waals surface area (Å²) >= 11 is 0. The third-order valence-electron chi connectivity index (χ3n) is 5.24. The van der Waals surface area contributed by atoms with E-state index in [2.05, 4.69) is 5.32 Å². The van der Waals surface area contributed by atoms with E-state index in [1.165, 1.54) is 18.3 Å². The quantitative estimate of drug-likeness (QED) is 0.317. The average molecular weight is 456 g/mol. The first-order valence-electron chi connectivity index (χ1n) is 10.2. The summed E-state index contributed by atoms with van der Waals surface area (Å²) in [6, 6.07) is 9.76. The summed E-state index contributed by atoms with van der Waals surface area (Å²) in [7, 11) is 0. The van der Waals surface area contributed by atoms with Gasteiger partial charge in [-0.25, -0.2) is 13.2 Å². The molecule has 0 saturated carbocycles. The standard InChI is InChI=1S/C24H19F3N2O4/c25-18-9-14(10-19(26)23(18)27)13-29-7-1-3-17(24(29)32)21(30)4-2-8-33-16-6-5-15-11-22(31)28-20(15)12-16/h1,3,5-7,9-10,12H,2,4,8,11,13H2,(H,28,31). The number of benzene rings is 2. The average Bonchev–Trinajstić information content (AvgIpc) is 3.15. The summed E-state index contributed by atoms with van der Waals surface area (Å²) in [5.74, 6) is -4.19. The maximum absolute atomic E-state index is 13.4. The highest BCUT2D eigenvalue weighted by molar-refractivity contribution is 5.99. The number of nitrogens with one attached hydrogen (secondary N) is 1. The Bertz CT molecular complexity index is 1280. The van der Waals surface area contributed by atoms with E-state index in [-0.39, 0.29) is 36.6 Å². The predicted molar refractivity (Wildman–Crippen MR) is 114 cm³/mol. The van der Waals surface area contributed by atoms with Gasteiger partial charge in [0.15, 0.2) is 23.2 Å². The highest BCUT2D eigenvalue weighted by Crippen LogP contribution is 2.27. The van der Waals surface area contributed by atoms with Crippen LogP contribution >= 0.6 is 0 Å². The second-order valence-corrected chi connectivity index (χ2v) is 7.65. The van der Waals surface area contributed by atoms with Crippen LogP contribution in [0.5, 0.6) is 5.75 Å². The molecule has 2 aromatic carbocycles. The van der Waals surface area contributed by atoms with Gasteiger partial charge in [-0.3, -0.25) is 14.4 Å². The van der Waals surface area contributed by atoms with Gasteiger partial charge in [-0.15, -0.1) is 0 Å². The number of rotatable bonds is 8. The van der Waals surface area contributed by atoms with Gasteiger partial charge in [0, 0.05) is 24.4 Å². The van der Waals surface area contributed by atoms with E-state index < -0.39 is 28.8 Å². The van der Waals surface area contributed by atoms with Crippen molar-refractivity contribution in [1.82, 2.24) is 4.57 Å². The molecule has 3 aromatic rings. The Morgan fingerprint density at radius 2 is 1.82 bits per heavy atom. The maximum Gasteiger partial charge on any atom is 0.261 e. The van der Waals surface area contributed by atoms with Gasteiger partial charge in [0.25, 0.3) is 5.56 Å². The van der Waals surface area contributed by atoms with Crippen molar-refractivity contribution in [2.45, 2.75) is 25.8 Å². The van der Waals surface area contributed by atoms with Gasteiger partial charge in [0.1, 0.15) is 5.75 Å². The number of carbonyl (C=O) groups is 2. The summed E-state index contributed by atoms with van der Waals surface area (Å²) in [5, 5.41) is 2.74. The van der Waals surface area contributed by atoms with Crippen LogP contribution in [0.4, 0.5) is 18.9 Å². The lowest BCUT2D eigenvalue weighted by molar-refractivity contribution is -0.115. The van der Waals surface area contributed by atoms with Crippen molar-refractivity contribution in [3.8, 4) is 5.75 Å². The highest BCUT2D eigenvalue weighted by Gasteiger charge is 2.18. The Labute approximate surface area is 186 Å². The molecule has 0 aliphatic carbocycles. The van der Waals surface area contributed by atoms with Crippen molar-refractivity contribution in [2.24, 2.45) is 0 Å². The van der Waals surface area contributed by atoms with Crippen molar-refractivity contribution in [2.75, 3.05) is 11.9 Å². The van der Waals surface area contributed by atoms with Gasteiger partial charge in [0.05, 0.1) is 25.1 Å². The van der Waals surface area contributed by atoms with Crippen molar-refractivity contribution < 1.29 is 27.5 Å². The van der Waals surface area contributed by atoms with E-state index in [1.54, 1.807) is 18.2 Å². The minimum absolute atomic E-state index is 0.0528. The minimum atomic E-state index is -1.58. The lowest BCUT2D eigenvalue weighted by atomic mass is 10.1. The molecule has 4 rings (SSSR count). The fourth-order valence-electron chi connectivity index (χ4n) is 3.61. The molecule has 0 saturated heterocycles. The third kappa shape index (κ3) is 4.97. The monoisotopic (exact) mass is 456 g/mol. The molecule has 6 nitrogen and oxygen atoms in total. The molecule has 0 fully saturated rings. The van der Waals surface area contributed by atoms with E-state index in [1.807, 2.05) is 0 Å². The van der Waals surface area contributed by atoms with Gasteiger partial charge in [-0.1, -0.05) is 6.07 Å². The van der Waals surface area contributed by atoms with E-state index in [4.69, 9.17) is 4.74 Å². The number of fused-ring (bicyclic) bond motifs is 1. The highest BCUT2D eigenvalue weighted by atomic mass is 19.2. The Hall–Kier alpha value is -3.88. The fourth-order valence-corrected chi connectivity index (χ4v) is 3.61. The molecule has 1 amide bonds. The van der Waals surface area contributed by atoms with Gasteiger partial charge in [-0.2, -0.15) is 0 Å².